The van der Waals surface area contributed by atoms with E-state index in [4.69, 9.17) is 5.11 Å². The van der Waals surface area contributed by atoms with Gasteiger partial charge in [-0.05, 0) is 24.3 Å². The minimum Gasteiger partial charge on any atom is -0.478 e. The van der Waals surface area contributed by atoms with E-state index in [2.05, 4.69) is 10.3 Å². The Balaban J connectivity index is 2.06. The van der Waals surface area contributed by atoms with E-state index in [0.29, 0.717) is 0 Å². The second-order valence-corrected chi connectivity index (χ2v) is 5.56. The van der Waals surface area contributed by atoms with E-state index in [1.54, 1.807) is 0 Å². The van der Waals surface area contributed by atoms with Crippen LogP contribution in [0.2, 0.25) is 0 Å². The van der Waals surface area contributed by atoms with Crippen LogP contribution in [0, 0.1) is 0 Å². The van der Waals surface area contributed by atoms with Crippen LogP contribution in [-0.2, 0) is 6.18 Å². The predicted molar refractivity (Wildman–Crippen MR) is 90.9 cm³/mol. The molecule has 3 N–H and O–H groups in total. The summed E-state index contributed by atoms with van der Waals surface area (Å²) in [7, 11) is 0. The molecule has 0 saturated heterocycles. The second kappa shape index (κ2) is 6.60. The summed E-state index contributed by atoms with van der Waals surface area (Å²) in [6.07, 6.45) is -3.80. The molecule has 9 heteroatoms. The Bertz CT molecular complexity index is 1120. The van der Waals surface area contributed by atoms with Crippen molar-refractivity contribution in [2.24, 2.45) is 0 Å². The molecule has 0 radical (unpaired) electrons. The van der Waals surface area contributed by atoms with Gasteiger partial charge in [0.05, 0.1) is 22.3 Å². The van der Waals surface area contributed by atoms with Crippen LogP contribution in [0.15, 0.2) is 53.5 Å². The predicted octanol–water partition coefficient (Wildman–Crippen LogP) is 3.50. The summed E-state index contributed by atoms with van der Waals surface area (Å²) < 4.78 is 39.2. The van der Waals surface area contributed by atoms with Crippen molar-refractivity contribution in [1.82, 2.24) is 4.98 Å². The lowest BCUT2D eigenvalue weighted by Gasteiger charge is -2.11. The van der Waals surface area contributed by atoms with E-state index < -0.39 is 40.1 Å². The first-order chi connectivity index (χ1) is 12.7. The van der Waals surface area contributed by atoms with Crippen LogP contribution in [-0.4, -0.2) is 22.0 Å². The van der Waals surface area contributed by atoms with Crippen LogP contribution in [0.4, 0.5) is 18.9 Å². The number of aromatic carboxylic acids is 1. The lowest BCUT2D eigenvalue weighted by atomic mass is 10.1. The third kappa shape index (κ3) is 3.39. The second-order valence-electron chi connectivity index (χ2n) is 5.56. The fourth-order valence-corrected chi connectivity index (χ4v) is 2.63. The highest BCUT2D eigenvalue weighted by atomic mass is 19.4. The fraction of sp³-hybridized carbons (Fsp3) is 0.0556. The van der Waals surface area contributed by atoms with Crippen molar-refractivity contribution in [2.45, 2.75) is 6.18 Å². The molecule has 0 aliphatic heterocycles. The molecule has 0 aliphatic carbocycles. The van der Waals surface area contributed by atoms with Gasteiger partial charge >= 0.3 is 12.1 Å². The van der Waals surface area contributed by atoms with E-state index in [1.165, 1.54) is 30.3 Å². The van der Waals surface area contributed by atoms with Gasteiger partial charge in [-0.2, -0.15) is 13.2 Å². The smallest absolute Gasteiger partial charge is 0.418 e. The molecule has 0 bridgehead atoms. The largest absolute Gasteiger partial charge is 0.478 e. The molecule has 1 heterocycles. The molecule has 6 nitrogen and oxygen atoms in total. The number of benzene rings is 2. The Morgan fingerprint density at radius 3 is 2.37 bits per heavy atom. The number of alkyl halides is 3. The van der Waals surface area contributed by atoms with Gasteiger partial charge in [0.1, 0.15) is 5.56 Å². The first kappa shape index (κ1) is 18.2. The fourth-order valence-electron chi connectivity index (χ4n) is 2.63. The lowest BCUT2D eigenvalue weighted by Crippen LogP contribution is -2.23. The number of aromatic amines is 1. The van der Waals surface area contributed by atoms with Crippen molar-refractivity contribution in [3.05, 3.63) is 75.6 Å². The van der Waals surface area contributed by atoms with Crippen molar-refractivity contribution >= 4 is 28.5 Å². The normalized spacial score (nSPS) is 11.4. The number of para-hydroxylation sites is 2. The van der Waals surface area contributed by atoms with Crippen LogP contribution in [0.1, 0.15) is 26.3 Å². The summed E-state index contributed by atoms with van der Waals surface area (Å²) in [5, 5.41) is 11.1. The molecule has 0 saturated carbocycles. The number of fused-ring (bicyclic) bond motifs is 1. The van der Waals surface area contributed by atoms with Gasteiger partial charge in [-0.15, -0.1) is 0 Å². The van der Waals surface area contributed by atoms with Crippen LogP contribution in [0.5, 0.6) is 0 Å². The number of carbonyl (C=O) groups excluding carboxylic acids is 1. The van der Waals surface area contributed by atoms with Gasteiger partial charge in [-0.25, -0.2) is 4.79 Å². The number of carboxylic acid groups (broad SMARTS) is 1. The monoisotopic (exact) mass is 376 g/mol. The number of carboxylic acids is 1. The van der Waals surface area contributed by atoms with E-state index >= 15 is 0 Å². The number of halogens is 3. The van der Waals surface area contributed by atoms with Crippen molar-refractivity contribution in [3.63, 3.8) is 0 Å². The summed E-state index contributed by atoms with van der Waals surface area (Å²) in [6, 6.07) is 8.60. The Labute approximate surface area is 149 Å². The molecule has 1 aromatic heterocycles. The Morgan fingerprint density at radius 2 is 1.70 bits per heavy atom. The summed E-state index contributed by atoms with van der Waals surface area (Å²) in [5.41, 5.74) is -3.04. The molecule has 3 rings (SSSR count). The zero-order valence-electron chi connectivity index (χ0n) is 13.4. The highest BCUT2D eigenvalue weighted by Crippen LogP contribution is 2.33. The zero-order chi connectivity index (χ0) is 19.8. The molecule has 0 spiro atoms. The van der Waals surface area contributed by atoms with Gasteiger partial charge in [0.2, 0.25) is 5.43 Å². The standard InChI is InChI=1S/C18H11F3N2O4/c19-18(20,21)12-6-3-5-10-14(12)22-8-11(15(10)24)16(25)23-13-7-2-1-4-9(13)17(26)27/h1-8H,(H,22,24)(H,23,25)(H,26,27). The quantitative estimate of drug-likeness (QED) is 0.651. The van der Waals surface area contributed by atoms with E-state index in [-0.39, 0.29) is 16.6 Å². The van der Waals surface area contributed by atoms with Crippen molar-refractivity contribution in [3.8, 4) is 0 Å². The average Bonchev–Trinajstić information content (AvgIpc) is 2.61. The highest BCUT2D eigenvalue weighted by molar-refractivity contribution is 6.08. The lowest BCUT2D eigenvalue weighted by molar-refractivity contribution is -0.136. The summed E-state index contributed by atoms with van der Waals surface area (Å²) in [4.78, 5) is 38.4. The number of amides is 1. The molecule has 27 heavy (non-hydrogen) atoms. The summed E-state index contributed by atoms with van der Waals surface area (Å²) in [6.45, 7) is 0. The van der Waals surface area contributed by atoms with Gasteiger partial charge in [0.15, 0.2) is 0 Å². The third-order valence-corrected chi connectivity index (χ3v) is 3.87. The minimum atomic E-state index is -4.67. The molecular weight excluding hydrogens is 365 g/mol. The van der Waals surface area contributed by atoms with E-state index in [9.17, 15) is 27.6 Å². The Morgan fingerprint density at radius 1 is 1.00 bits per heavy atom. The minimum absolute atomic E-state index is 0.0430. The summed E-state index contributed by atoms with van der Waals surface area (Å²) in [5.74, 6) is -2.22. The molecule has 3 aromatic rings. The number of nitrogens with one attached hydrogen (secondary N) is 2. The third-order valence-electron chi connectivity index (χ3n) is 3.87. The van der Waals surface area contributed by atoms with Gasteiger partial charge < -0.3 is 15.4 Å². The number of anilines is 1. The first-order valence-electron chi connectivity index (χ1n) is 7.55. The number of aromatic nitrogens is 1. The maximum Gasteiger partial charge on any atom is 0.418 e. The van der Waals surface area contributed by atoms with Gasteiger partial charge in [0.25, 0.3) is 5.91 Å². The Hall–Kier alpha value is -3.62. The van der Waals surface area contributed by atoms with Crippen LogP contribution in [0.25, 0.3) is 10.9 Å². The maximum absolute atomic E-state index is 13.1. The first-order valence-corrected chi connectivity index (χ1v) is 7.55. The van der Waals surface area contributed by atoms with Crippen LogP contribution < -0.4 is 10.7 Å². The van der Waals surface area contributed by atoms with Crippen LogP contribution >= 0.6 is 0 Å². The van der Waals surface area contributed by atoms with E-state index in [0.717, 1.165) is 18.3 Å². The zero-order valence-corrected chi connectivity index (χ0v) is 13.4. The molecule has 0 unspecified atom stereocenters. The van der Waals surface area contributed by atoms with E-state index in [1.807, 2.05) is 0 Å². The highest BCUT2D eigenvalue weighted by Gasteiger charge is 2.33. The number of pyridine rings is 1. The molecule has 138 valence electrons. The number of carbonyl (C=O) groups is 2. The van der Waals surface area contributed by atoms with Gasteiger partial charge in [-0.3, -0.25) is 9.59 Å². The van der Waals surface area contributed by atoms with Crippen LogP contribution in [0.3, 0.4) is 0 Å². The molecular formula is C18H11F3N2O4. The van der Waals surface area contributed by atoms with Gasteiger partial charge in [-0.1, -0.05) is 18.2 Å². The summed E-state index contributed by atoms with van der Waals surface area (Å²) >= 11 is 0. The molecule has 0 aliphatic rings. The molecule has 1 amide bonds. The molecule has 0 fully saturated rings. The number of rotatable bonds is 3. The number of hydrogen-bond donors (Lipinski definition) is 3. The topological polar surface area (TPSA) is 99.3 Å². The van der Waals surface area contributed by atoms with Gasteiger partial charge in [0, 0.05) is 11.6 Å². The number of hydrogen-bond acceptors (Lipinski definition) is 3. The Kier molecular flexibility index (Phi) is 4.44. The van der Waals surface area contributed by atoms with Crippen molar-refractivity contribution in [2.75, 3.05) is 5.32 Å². The molecule has 0 atom stereocenters. The average molecular weight is 376 g/mol. The molecule has 2 aromatic carbocycles. The maximum atomic E-state index is 13.1. The van der Waals surface area contributed by atoms with Crippen molar-refractivity contribution in [1.29, 1.82) is 0 Å². The van der Waals surface area contributed by atoms with Crippen molar-refractivity contribution < 1.29 is 27.9 Å². The SMILES string of the molecule is O=C(O)c1ccccc1NC(=O)c1c[nH]c2c(C(F)(F)F)cccc2c1=O. The number of H-pyrrole nitrogens is 1.